The summed E-state index contributed by atoms with van der Waals surface area (Å²) in [6.07, 6.45) is 10.3. The van der Waals surface area contributed by atoms with Crippen molar-refractivity contribution in [2.24, 2.45) is 4.99 Å². The number of hydrogen-bond acceptors (Lipinski definition) is 2. The first-order valence-corrected chi connectivity index (χ1v) is 12.4. The fourth-order valence-electron chi connectivity index (χ4n) is 3.86. The van der Waals surface area contributed by atoms with E-state index in [0.717, 1.165) is 36.0 Å². The fraction of sp³-hybridized carbons (Fsp3) is 0.258. The topological polar surface area (TPSA) is 12.4 Å². The highest BCUT2D eigenvalue weighted by Gasteiger charge is 2.09. The quantitative estimate of drug-likeness (QED) is 0.0966. The molecule has 0 unspecified atom stereocenters. The summed E-state index contributed by atoms with van der Waals surface area (Å²) in [5.74, 6) is 5.00. The smallest absolute Gasteiger partial charge is 0.153 e. The zero-order valence-electron chi connectivity index (χ0n) is 20.2. The van der Waals surface area contributed by atoms with Crippen LogP contribution in [0.1, 0.15) is 68.2 Å². The Labute approximate surface area is 212 Å². The molecule has 0 aliphatic carbocycles. The SMILES string of the molecule is CCCCCCC#Cc1ccc(-c2ccc(/C=C/c3cc(F)c(N=C=S)c(F)c3)cc2CC)cc1. The summed E-state index contributed by atoms with van der Waals surface area (Å²) in [7, 11) is 0. The zero-order valence-corrected chi connectivity index (χ0v) is 21.0. The van der Waals surface area contributed by atoms with Gasteiger partial charge >= 0.3 is 0 Å². The van der Waals surface area contributed by atoms with Crippen LogP contribution in [0.25, 0.3) is 23.3 Å². The van der Waals surface area contributed by atoms with Gasteiger partial charge in [-0.1, -0.05) is 87.4 Å². The van der Waals surface area contributed by atoms with Crippen molar-refractivity contribution in [3.05, 3.63) is 88.5 Å². The highest BCUT2D eigenvalue weighted by Crippen LogP contribution is 2.28. The molecule has 0 saturated carbocycles. The van der Waals surface area contributed by atoms with E-state index in [1.165, 1.54) is 42.5 Å². The Morgan fingerprint density at radius 2 is 1.57 bits per heavy atom. The average molecular weight is 486 g/mol. The molecule has 0 fully saturated rings. The van der Waals surface area contributed by atoms with E-state index in [0.29, 0.717) is 5.56 Å². The summed E-state index contributed by atoms with van der Waals surface area (Å²) in [5.41, 5.74) is 5.49. The first-order valence-electron chi connectivity index (χ1n) is 12.0. The minimum atomic E-state index is -0.767. The molecule has 0 N–H and O–H groups in total. The van der Waals surface area contributed by atoms with Gasteiger partial charge in [0.15, 0.2) is 11.6 Å². The molecule has 1 nitrogen and oxygen atoms in total. The van der Waals surface area contributed by atoms with Gasteiger partial charge in [-0.3, -0.25) is 0 Å². The lowest BCUT2D eigenvalue weighted by Crippen LogP contribution is -1.90. The third kappa shape index (κ3) is 7.55. The third-order valence-electron chi connectivity index (χ3n) is 5.76. The molecule has 0 aliphatic rings. The third-order valence-corrected chi connectivity index (χ3v) is 5.85. The summed E-state index contributed by atoms with van der Waals surface area (Å²) >= 11 is 4.44. The number of hydrogen-bond donors (Lipinski definition) is 0. The van der Waals surface area contributed by atoms with E-state index in [-0.39, 0.29) is 0 Å². The second-order valence-corrected chi connectivity index (χ2v) is 8.51. The van der Waals surface area contributed by atoms with Crippen LogP contribution in [0.15, 0.2) is 59.6 Å². The number of nitrogens with zero attached hydrogens (tertiary/aromatic N) is 1. The Morgan fingerprint density at radius 1 is 0.857 bits per heavy atom. The molecule has 35 heavy (non-hydrogen) atoms. The molecular formula is C31H29F2NS. The molecule has 4 heteroatoms. The maximum Gasteiger partial charge on any atom is 0.153 e. The number of halogens is 2. The largest absolute Gasteiger partial charge is 0.204 e. The average Bonchev–Trinajstić information content (AvgIpc) is 2.87. The van der Waals surface area contributed by atoms with Gasteiger partial charge in [-0.2, -0.15) is 4.99 Å². The van der Waals surface area contributed by atoms with E-state index in [1.807, 2.05) is 17.3 Å². The minimum Gasteiger partial charge on any atom is -0.204 e. The van der Waals surface area contributed by atoms with Crippen molar-refractivity contribution >= 4 is 35.2 Å². The Bertz CT molecular complexity index is 1270. The molecule has 178 valence electrons. The summed E-state index contributed by atoms with van der Waals surface area (Å²) in [5, 5.41) is 2.00. The van der Waals surface area contributed by atoms with Crippen LogP contribution in [-0.2, 0) is 6.42 Å². The number of thiocarbonyl (C=S) groups is 1. The molecule has 3 rings (SSSR count). The van der Waals surface area contributed by atoms with Gasteiger partial charge in [0.1, 0.15) is 5.69 Å². The molecule has 0 saturated heterocycles. The lowest BCUT2D eigenvalue weighted by atomic mass is 9.95. The van der Waals surface area contributed by atoms with Gasteiger partial charge in [-0.25, -0.2) is 8.78 Å². The molecule has 0 aromatic heterocycles. The van der Waals surface area contributed by atoms with Crippen LogP contribution < -0.4 is 0 Å². The van der Waals surface area contributed by atoms with Crippen molar-refractivity contribution in [3.8, 4) is 23.0 Å². The summed E-state index contributed by atoms with van der Waals surface area (Å²) < 4.78 is 28.2. The maximum absolute atomic E-state index is 14.1. The minimum absolute atomic E-state index is 0.410. The molecule has 0 atom stereocenters. The van der Waals surface area contributed by atoms with Gasteiger partial charge in [-0.05, 0) is 77.1 Å². The molecule has 3 aromatic carbocycles. The van der Waals surface area contributed by atoms with E-state index < -0.39 is 17.3 Å². The van der Waals surface area contributed by atoms with Gasteiger partial charge in [-0.15, -0.1) is 0 Å². The standard InChI is InChI=1S/C31H29F2NS/c1-3-5-6-7-8-9-10-23-13-16-27(17-14-23)28-18-15-24(19-26(28)4-2)11-12-25-20-29(32)31(34-22-35)30(33)21-25/h11-21H,3-8H2,1-2H3/b12-11+. The summed E-state index contributed by atoms with van der Waals surface area (Å²) in [4.78, 5) is 3.44. The Hall–Kier alpha value is -3.38. The molecule has 0 bridgehead atoms. The van der Waals surface area contributed by atoms with E-state index in [9.17, 15) is 8.78 Å². The van der Waals surface area contributed by atoms with Gasteiger partial charge in [0.2, 0.25) is 0 Å². The summed E-state index contributed by atoms with van der Waals surface area (Å²) in [6.45, 7) is 4.33. The van der Waals surface area contributed by atoms with E-state index in [4.69, 9.17) is 0 Å². The van der Waals surface area contributed by atoms with Crippen molar-refractivity contribution in [3.63, 3.8) is 0 Å². The van der Waals surface area contributed by atoms with Crippen molar-refractivity contribution < 1.29 is 8.78 Å². The van der Waals surface area contributed by atoms with Crippen molar-refractivity contribution in [1.29, 1.82) is 0 Å². The highest BCUT2D eigenvalue weighted by atomic mass is 32.1. The molecule has 3 aromatic rings. The van der Waals surface area contributed by atoms with Crippen LogP contribution in [0.5, 0.6) is 0 Å². The number of benzene rings is 3. The van der Waals surface area contributed by atoms with Gasteiger partial charge in [0.05, 0.1) is 5.16 Å². The number of rotatable bonds is 9. The second kappa shape index (κ2) is 13.5. The summed E-state index contributed by atoms with van der Waals surface area (Å²) in [6, 6.07) is 17.0. The van der Waals surface area contributed by atoms with Crippen LogP contribution >= 0.6 is 12.2 Å². The highest BCUT2D eigenvalue weighted by molar-refractivity contribution is 7.78. The van der Waals surface area contributed by atoms with Gasteiger partial charge < -0.3 is 0 Å². The fourth-order valence-corrected chi connectivity index (χ4v) is 3.95. The molecule has 0 amide bonds. The van der Waals surface area contributed by atoms with Gasteiger partial charge in [0.25, 0.3) is 0 Å². The molecule has 0 aliphatic heterocycles. The van der Waals surface area contributed by atoms with Crippen LogP contribution in [0.2, 0.25) is 0 Å². The van der Waals surface area contributed by atoms with Crippen molar-refractivity contribution in [1.82, 2.24) is 0 Å². The van der Waals surface area contributed by atoms with Crippen molar-refractivity contribution in [2.45, 2.75) is 52.4 Å². The lowest BCUT2D eigenvalue weighted by molar-refractivity contribution is 0.587. The molecule has 0 spiro atoms. The molecular weight excluding hydrogens is 456 g/mol. The second-order valence-electron chi connectivity index (χ2n) is 8.33. The predicted octanol–water partition coefficient (Wildman–Crippen LogP) is 9.42. The molecule has 0 radical (unpaired) electrons. The van der Waals surface area contributed by atoms with Crippen molar-refractivity contribution in [2.75, 3.05) is 0 Å². The Kier molecular flexibility index (Phi) is 10.1. The number of isothiocyanates is 1. The normalized spacial score (nSPS) is 10.6. The first-order chi connectivity index (χ1) is 17.0. The number of aryl methyl sites for hydroxylation is 1. The number of unbranched alkanes of at least 4 members (excludes halogenated alkanes) is 4. The van der Waals surface area contributed by atoms with Crippen LogP contribution in [-0.4, -0.2) is 5.16 Å². The first kappa shape index (κ1) is 26.2. The predicted molar refractivity (Wildman–Crippen MR) is 147 cm³/mol. The maximum atomic E-state index is 14.1. The van der Waals surface area contributed by atoms with E-state index in [1.54, 1.807) is 6.08 Å². The Morgan fingerprint density at radius 3 is 2.23 bits per heavy atom. The lowest BCUT2D eigenvalue weighted by Gasteiger charge is -2.10. The van der Waals surface area contributed by atoms with Crippen LogP contribution in [0.3, 0.4) is 0 Å². The Balaban J connectivity index is 1.74. The monoisotopic (exact) mass is 485 g/mol. The van der Waals surface area contributed by atoms with Gasteiger partial charge in [0, 0.05) is 12.0 Å². The van der Waals surface area contributed by atoms with E-state index >= 15 is 0 Å². The van der Waals surface area contributed by atoms with Crippen LogP contribution in [0.4, 0.5) is 14.5 Å². The zero-order chi connectivity index (χ0) is 25.0. The molecule has 0 heterocycles. The number of aliphatic imine (C=N–C) groups is 1. The van der Waals surface area contributed by atoms with E-state index in [2.05, 4.69) is 79.3 Å². The van der Waals surface area contributed by atoms with Crippen LogP contribution in [0, 0.1) is 23.5 Å².